The molecular formula is C39H27N3O2. The van der Waals surface area contributed by atoms with Gasteiger partial charge in [0.1, 0.15) is 40.5 Å². The molecule has 0 amide bonds. The zero-order valence-electron chi connectivity index (χ0n) is 23.7. The second-order valence-corrected chi connectivity index (χ2v) is 11.2. The van der Waals surface area contributed by atoms with E-state index >= 15 is 0 Å². The lowest BCUT2D eigenvalue weighted by molar-refractivity contribution is 0.410. The first-order chi connectivity index (χ1) is 21.8. The molecule has 6 aromatic carbocycles. The summed E-state index contributed by atoms with van der Waals surface area (Å²) in [6, 6.07) is 47.9. The van der Waals surface area contributed by atoms with Gasteiger partial charge in [0.15, 0.2) is 0 Å². The Balaban J connectivity index is 1.28. The van der Waals surface area contributed by atoms with Crippen molar-refractivity contribution in [2.75, 3.05) is 0 Å². The number of rotatable bonds is 4. The van der Waals surface area contributed by atoms with Gasteiger partial charge < -0.3 is 14.2 Å². The third kappa shape index (κ3) is 3.94. The second-order valence-electron chi connectivity index (χ2n) is 11.2. The Morgan fingerprint density at radius 3 is 2.05 bits per heavy atom. The van der Waals surface area contributed by atoms with Crippen molar-refractivity contribution in [1.29, 1.82) is 0 Å². The van der Waals surface area contributed by atoms with E-state index < -0.39 is 0 Å². The highest BCUT2D eigenvalue weighted by Crippen LogP contribution is 2.41. The van der Waals surface area contributed by atoms with Crippen molar-refractivity contribution in [2.24, 2.45) is 4.99 Å². The van der Waals surface area contributed by atoms with E-state index in [2.05, 4.69) is 108 Å². The van der Waals surface area contributed by atoms with Gasteiger partial charge in [-0.3, -0.25) is 5.32 Å². The van der Waals surface area contributed by atoms with Crippen molar-refractivity contribution in [3.05, 3.63) is 156 Å². The number of benzene rings is 6. The van der Waals surface area contributed by atoms with Gasteiger partial charge in [0.25, 0.3) is 0 Å². The zero-order chi connectivity index (χ0) is 29.0. The van der Waals surface area contributed by atoms with E-state index in [1.54, 1.807) is 0 Å². The Labute approximate surface area is 253 Å². The predicted octanol–water partition coefficient (Wildman–Crippen LogP) is 9.49. The lowest BCUT2D eigenvalue weighted by Gasteiger charge is -2.32. The molecule has 0 spiro atoms. The number of amidine groups is 1. The summed E-state index contributed by atoms with van der Waals surface area (Å²) in [6.07, 6.45) is -0.542. The summed E-state index contributed by atoms with van der Waals surface area (Å²) in [4.78, 5) is 5.35. The van der Waals surface area contributed by atoms with Gasteiger partial charge in [-0.1, -0.05) is 115 Å². The molecule has 0 aliphatic carbocycles. The summed E-state index contributed by atoms with van der Waals surface area (Å²) in [5.74, 6) is 0.778. The molecular weight excluding hydrogens is 542 g/mol. The van der Waals surface area contributed by atoms with Crippen LogP contribution < -0.4 is 10.6 Å². The first-order valence-corrected chi connectivity index (χ1v) is 14.9. The molecule has 0 bridgehead atoms. The van der Waals surface area contributed by atoms with Crippen molar-refractivity contribution in [1.82, 2.24) is 10.6 Å². The van der Waals surface area contributed by atoms with Gasteiger partial charge >= 0.3 is 0 Å². The fourth-order valence-electron chi connectivity index (χ4n) is 6.58. The van der Waals surface area contributed by atoms with Crippen molar-refractivity contribution in [3.63, 3.8) is 0 Å². The van der Waals surface area contributed by atoms with E-state index in [0.29, 0.717) is 0 Å². The average molecular weight is 570 g/mol. The molecule has 0 saturated carbocycles. The molecule has 1 aliphatic heterocycles. The van der Waals surface area contributed by atoms with Crippen LogP contribution in [-0.2, 0) is 0 Å². The first kappa shape index (κ1) is 24.9. The van der Waals surface area contributed by atoms with Crippen molar-refractivity contribution in [2.45, 2.75) is 12.3 Å². The van der Waals surface area contributed by atoms with E-state index in [-0.39, 0.29) is 12.3 Å². The molecule has 5 heteroatoms. The number of aliphatic imine (C=N–C) groups is 1. The number of nitrogens with one attached hydrogen (secondary N) is 2. The van der Waals surface area contributed by atoms with Gasteiger partial charge in [-0.05, 0) is 41.0 Å². The van der Waals surface area contributed by atoms with Crippen molar-refractivity contribution < 1.29 is 8.83 Å². The van der Waals surface area contributed by atoms with E-state index in [9.17, 15) is 0 Å². The van der Waals surface area contributed by atoms with Crippen LogP contribution in [0.5, 0.6) is 0 Å². The zero-order valence-corrected chi connectivity index (χ0v) is 23.7. The maximum atomic E-state index is 6.45. The Bertz CT molecular complexity index is 2350. The van der Waals surface area contributed by atoms with Crippen LogP contribution in [0.3, 0.4) is 0 Å². The predicted molar refractivity (Wildman–Crippen MR) is 178 cm³/mol. The minimum Gasteiger partial charge on any atom is -0.456 e. The number of para-hydroxylation sites is 2. The quantitative estimate of drug-likeness (QED) is 0.222. The average Bonchev–Trinajstić information content (AvgIpc) is 3.67. The lowest BCUT2D eigenvalue weighted by Crippen LogP contribution is -2.45. The molecule has 5 nitrogen and oxygen atoms in total. The molecule has 9 rings (SSSR count). The van der Waals surface area contributed by atoms with Gasteiger partial charge in [0.2, 0.25) is 0 Å². The topological polar surface area (TPSA) is 62.7 Å². The molecule has 2 unspecified atom stereocenters. The van der Waals surface area contributed by atoms with E-state index in [0.717, 1.165) is 77.5 Å². The van der Waals surface area contributed by atoms with Crippen LogP contribution in [0.4, 0.5) is 0 Å². The summed E-state index contributed by atoms with van der Waals surface area (Å²) in [6.45, 7) is 0. The first-order valence-electron chi connectivity index (χ1n) is 14.9. The summed E-state index contributed by atoms with van der Waals surface area (Å²) in [7, 11) is 0. The minimum atomic E-state index is -0.357. The summed E-state index contributed by atoms with van der Waals surface area (Å²) >= 11 is 0. The largest absolute Gasteiger partial charge is 0.456 e. The fourth-order valence-corrected chi connectivity index (χ4v) is 6.58. The van der Waals surface area contributed by atoms with Gasteiger partial charge in [-0.15, -0.1) is 0 Å². The third-order valence-corrected chi connectivity index (χ3v) is 8.59. The molecule has 2 N–H and O–H groups in total. The van der Waals surface area contributed by atoms with Crippen LogP contribution in [0.2, 0.25) is 0 Å². The Morgan fingerprint density at radius 1 is 0.523 bits per heavy atom. The van der Waals surface area contributed by atoms with Crippen LogP contribution >= 0.6 is 0 Å². The van der Waals surface area contributed by atoms with Crippen LogP contribution in [0.1, 0.15) is 29.0 Å². The lowest BCUT2D eigenvalue weighted by atomic mass is 9.96. The molecule has 2 atom stereocenters. The Kier molecular flexibility index (Phi) is 5.64. The van der Waals surface area contributed by atoms with Crippen molar-refractivity contribution >= 4 is 49.7 Å². The monoisotopic (exact) mass is 569 g/mol. The molecule has 44 heavy (non-hydrogen) atoms. The molecule has 1 aliphatic rings. The molecule has 0 radical (unpaired) electrons. The SMILES string of the molecule is c1ccc(-c2cccc3oc4cccc(C5N=C(c6cccc7c6oc6ccccc67)NC(c6ccccc6)N5)c4c23)cc1. The molecule has 0 saturated heterocycles. The van der Waals surface area contributed by atoms with Crippen LogP contribution in [0.15, 0.2) is 153 Å². The summed E-state index contributed by atoms with van der Waals surface area (Å²) in [5.41, 5.74) is 8.79. The Morgan fingerprint density at radius 2 is 1.18 bits per heavy atom. The molecule has 3 heterocycles. The van der Waals surface area contributed by atoms with Crippen LogP contribution in [0.25, 0.3) is 55.0 Å². The highest BCUT2D eigenvalue weighted by atomic mass is 16.3. The standard InChI is InChI=1S/C39H27N3O2/c1-3-12-24(13-4-1)26-17-10-22-32-34(26)35-29(19-11-23-33(35)43-32)38-40-37(25-14-5-2-6-15-25)41-39(42-38)30-20-9-18-28-27-16-7-8-21-31(27)44-36(28)30/h1-23,37-38,40H,(H,41,42). The van der Waals surface area contributed by atoms with Gasteiger partial charge in [0, 0.05) is 27.1 Å². The van der Waals surface area contributed by atoms with E-state index in [4.69, 9.17) is 13.8 Å². The highest BCUT2D eigenvalue weighted by molar-refractivity contribution is 6.16. The molecule has 210 valence electrons. The van der Waals surface area contributed by atoms with Crippen LogP contribution in [0, 0.1) is 0 Å². The maximum absolute atomic E-state index is 6.45. The Hall–Kier alpha value is -5.65. The summed E-state index contributed by atoms with van der Waals surface area (Å²) < 4.78 is 12.9. The smallest absolute Gasteiger partial charge is 0.146 e. The van der Waals surface area contributed by atoms with E-state index in [1.165, 1.54) is 0 Å². The normalized spacial score (nSPS) is 16.9. The van der Waals surface area contributed by atoms with Gasteiger partial charge in [-0.25, -0.2) is 4.99 Å². The number of fused-ring (bicyclic) bond motifs is 6. The minimum absolute atomic E-state index is 0.185. The number of furan rings is 2. The number of hydrogen-bond acceptors (Lipinski definition) is 5. The maximum Gasteiger partial charge on any atom is 0.146 e. The van der Waals surface area contributed by atoms with Crippen molar-refractivity contribution in [3.8, 4) is 11.1 Å². The summed E-state index contributed by atoms with van der Waals surface area (Å²) in [5, 5.41) is 11.8. The van der Waals surface area contributed by atoms with E-state index in [1.807, 2.05) is 42.5 Å². The molecule has 8 aromatic rings. The fraction of sp³-hybridized carbons (Fsp3) is 0.0513. The van der Waals surface area contributed by atoms with Gasteiger partial charge in [-0.2, -0.15) is 0 Å². The highest BCUT2D eigenvalue weighted by Gasteiger charge is 2.29. The number of hydrogen-bond donors (Lipinski definition) is 2. The third-order valence-electron chi connectivity index (χ3n) is 8.59. The van der Waals surface area contributed by atoms with Crippen LogP contribution in [-0.4, -0.2) is 5.84 Å². The molecule has 2 aromatic heterocycles. The number of nitrogens with zero attached hydrogens (tertiary/aromatic N) is 1. The molecule has 0 fully saturated rings. The van der Waals surface area contributed by atoms with Gasteiger partial charge in [0.05, 0.1) is 5.56 Å². The second kappa shape index (κ2) is 9.97.